The van der Waals surface area contributed by atoms with Gasteiger partial charge in [0.25, 0.3) is 0 Å². The summed E-state index contributed by atoms with van der Waals surface area (Å²) in [6.07, 6.45) is 15.7. The highest BCUT2D eigenvalue weighted by Crippen LogP contribution is 2.64. The van der Waals surface area contributed by atoms with Crippen LogP contribution in [0, 0.1) is 58.2 Å². The Morgan fingerprint density at radius 2 is 2.03 bits per heavy atom. The van der Waals surface area contributed by atoms with Crippen molar-refractivity contribution in [2.45, 2.75) is 77.7 Å². The Morgan fingerprint density at radius 1 is 1.19 bits per heavy atom. The van der Waals surface area contributed by atoms with Gasteiger partial charge in [-0.2, -0.15) is 10.4 Å². The second kappa shape index (κ2) is 8.93. The number of ketones is 1. The average Bonchev–Trinajstić information content (AvgIpc) is 3.41. The third-order valence-corrected chi connectivity index (χ3v) is 10.2. The highest BCUT2D eigenvalue weighted by Gasteiger charge is 2.58. The molecule has 174 valence electrons. The standard InChI is InChI=1S/C27H39N3O2/c1-27-11-9-22-21-5-3-18(17-32-2)13-20(21)4-6-23(22)24(27)7-8-25(27)26(31)10-12-30-16-19(14-28)15-29-30/h15-16,18,20-25H,3-13,17H2,1-2H3. The summed E-state index contributed by atoms with van der Waals surface area (Å²) >= 11 is 0. The van der Waals surface area contributed by atoms with Crippen molar-refractivity contribution >= 4 is 5.78 Å². The van der Waals surface area contributed by atoms with E-state index in [1.54, 1.807) is 17.1 Å². The topological polar surface area (TPSA) is 67.9 Å². The summed E-state index contributed by atoms with van der Waals surface area (Å²) in [6.45, 7) is 3.99. The van der Waals surface area contributed by atoms with Gasteiger partial charge < -0.3 is 4.74 Å². The number of fused-ring (bicyclic) bond motifs is 5. The molecular formula is C27H39N3O2. The molecular weight excluding hydrogens is 398 g/mol. The van der Waals surface area contributed by atoms with E-state index < -0.39 is 0 Å². The zero-order valence-electron chi connectivity index (χ0n) is 19.8. The minimum atomic E-state index is 0.195. The Bertz CT molecular complexity index is 872. The maximum Gasteiger partial charge on any atom is 0.138 e. The van der Waals surface area contributed by atoms with Crippen LogP contribution in [0.25, 0.3) is 0 Å². The molecule has 0 spiro atoms. The van der Waals surface area contributed by atoms with Gasteiger partial charge >= 0.3 is 0 Å². The summed E-state index contributed by atoms with van der Waals surface area (Å²) < 4.78 is 7.23. The molecule has 0 amide bonds. The van der Waals surface area contributed by atoms with Gasteiger partial charge in [0.1, 0.15) is 11.9 Å². The van der Waals surface area contributed by atoms with E-state index in [0.29, 0.717) is 24.3 Å². The first-order valence-electron chi connectivity index (χ1n) is 13.0. The number of hydrogen-bond acceptors (Lipinski definition) is 4. The summed E-state index contributed by atoms with van der Waals surface area (Å²) in [4.78, 5) is 13.3. The molecule has 5 heteroatoms. The third-order valence-electron chi connectivity index (χ3n) is 10.2. The third kappa shape index (κ3) is 3.83. The highest BCUT2D eigenvalue weighted by molar-refractivity contribution is 5.82. The van der Waals surface area contributed by atoms with Crippen LogP contribution in [-0.2, 0) is 16.1 Å². The quantitative estimate of drug-likeness (QED) is 0.610. The second-order valence-electron chi connectivity index (χ2n) is 11.6. The molecule has 5 nitrogen and oxygen atoms in total. The molecule has 0 saturated heterocycles. The minimum absolute atomic E-state index is 0.195. The number of carbonyl (C=O) groups excluding carboxylic acids is 1. The van der Waals surface area contributed by atoms with Crippen LogP contribution >= 0.6 is 0 Å². The maximum atomic E-state index is 13.3. The lowest BCUT2D eigenvalue weighted by Crippen LogP contribution is -2.49. The molecule has 8 atom stereocenters. The molecule has 1 heterocycles. The largest absolute Gasteiger partial charge is 0.384 e. The van der Waals surface area contributed by atoms with Crippen molar-refractivity contribution in [3.8, 4) is 6.07 Å². The van der Waals surface area contributed by atoms with Crippen LogP contribution < -0.4 is 0 Å². The first-order chi connectivity index (χ1) is 15.5. The van der Waals surface area contributed by atoms with Crippen molar-refractivity contribution in [2.24, 2.45) is 46.8 Å². The zero-order valence-corrected chi connectivity index (χ0v) is 19.8. The molecule has 0 aromatic carbocycles. The molecule has 4 aliphatic carbocycles. The van der Waals surface area contributed by atoms with Crippen molar-refractivity contribution in [1.82, 2.24) is 9.78 Å². The SMILES string of the molecule is COCC1CCC2C(CCC3C2CCC2(C)C(C(=O)CCn4cc(C#N)cn4)CCC32)C1. The summed E-state index contributed by atoms with van der Waals surface area (Å²) in [5, 5.41) is 13.2. The van der Waals surface area contributed by atoms with Crippen molar-refractivity contribution in [3.63, 3.8) is 0 Å². The smallest absolute Gasteiger partial charge is 0.138 e. The molecule has 0 aliphatic heterocycles. The number of ether oxygens (including phenoxy) is 1. The van der Waals surface area contributed by atoms with Crippen LogP contribution in [-0.4, -0.2) is 29.3 Å². The van der Waals surface area contributed by atoms with Gasteiger partial charge in [0.2, 0.25) is 0 Å². The van der Waals surface area contributed by atoms with Crippen LogP contribution in [0.15, 0.2) is 12.4 Å². The molecule has 1 aromatic rings. The molecule has 5 rings (SSSR count). The number of rotatable bonds is 6. The first kappa shape index (κ1) is 22.1. The Morgan fingerprint density at radius 3 is 2.81 bits per heavy atom. The summed E-state index contributed by atoms with van der Waals surface area (Å²) in [5.74, 6) is 5.75. The van der Waals surface area contributed by atoms with Crippen LogP contribution in [0.1, 0.15) is 76.7 Å². The van der Waals surface area contributed by atoms with Crippen molar-refractivity contribution in [3.05, 3.63) is 18.0 Å². The summed E-state index contributed by atoms with van der Waals surface area (Å²) in [6, 6.07) is 2.11. The Balaban J connectivity index is 1.23. The fraction of sp³-hybridized carbons (Fsp3) is 0.815. The lowest BCUT2D eigenvalue weighted by molar-refractivity contribution is -0.130. The van der Waals surface area contributed by atoms with Gasteiger partial charge in [0.15, 0.2) is 0 Å². The predicted octanol–water partition coefficient (Wildman–Crippen LogP) is 5.25. The van der Waals surface area contributed by atoms with Gasteiger partial charge in [0, 0.05) is 38.8 Å². The molecule has 4 saturated carbocycles. The van der Waals surface area contributed by atoms with Gasteiger partial charge in [-0.15, -0.1) is 0 Å². The number of carbonyl (C=O) groups is 1. The van der Waals surface area contributed by atoms with Crippen molar-refractivity contribution in [1.29, 1.82) is 5.26 Å². The van der Waals surface area contributed by atoms with Crippen LogP contribution in [0.2, 0.25) is 0 Å². The number of aromatic nitrogens is 2. The maximum absolute atomic E-state index is 13.3. The first-order valence-corrected chi connectivity index (χ1v) is 13.0. The summed E-state index contributed by atoms with van der Waals surface area (Å²) in [5.41, 5.74) is 0.760. The normalized spacial score (nSPS) is 40.7. The van der Waals surface area contributed by atoms with E-state index in [1.165, 1.54) is 51.4 Å². The monoisotopic (exact) mass is 437 g/mol. The van der Waals surface area contributed by atoms with E-state index in [2.05, 4.69) is 18.1 Å². The number of nitriles is 1. The van der Waals surface area contributed by atoms with Crippen molar-refractivity contribution in [2.75, 3.05) is 13.7 Å². The Labute approximate surface area is 192 Å². The van der Waals surface area contributed by atoms with Crippen LogP contribution in [0.3, 0.4) is 0 Å². The fourth-order valence-corrected chi connectivity index (χ4v) is 8.81. The Kier molecular flexibility index (Phi) is 6.18. The van der Waals surface area contributed by atoms with Gasteiger partial charge in [-0.3, -0.25) is 9.48 Å². The lowest BCUT2D eigenvalue weighted by atomic mass is 9.49. The second-order valence-corrected chi connectivity index (χ2v) is 11.6. The van der Waals surface area contributed by atoms with Crippen LogP contribution in [0.5, 0.6) is 0 Å². The summed E-state index contributed by atoms with van der Waals surface area (Å²) in [7, 11) is 1.85. The Hall–Kier alpha value is -1.67. The van der Waals surface area contributed by atoms with E-state index >= 15 is 0 Å². The number of Topliss-reactive ketones (excluding diaryl/α,β-unsaturated/α-hetero) is 1. The molecule has 0 radical (unpaired) electrons. The minimum Gasteiger partial charge on any atom is -0.384 e. The van der Waals surface area contributed by atoms with Crippen molar-refractivity contribution < 1.29 is 9.53 Å². The average molecular weight is 438 g/mol. The molecule has 1 aromatic heterocycles. The number of methoxy groups -OCH3 is 1. The predicted molar refractivity (Wildman–Crippen MR) is 123 cm³/mol. The number of nitrogens with zero attached hydrogens (tertiary/aromatic N) is 3. The van der Waals surface area contributed by atoms with Gasteiger partial charge in [-0.05, 0) is 98.7 Å². The fourth-order valence-electron chi connectivity index (χ4n) is 8.81. The van der Waals surface area contributed by atoms with E-state index in [1.807, 2.05) is 7.11 Å². The molecule has 0 bridgehead atoms. The highest BCUT2D eigenvalue weighted by atomic mass is 16.5. The van der Waals surface area contributed by atoms with E-state index in [-0.39, 0.29) is 11.3 Å². The lowest BCUT2D eigenvalue weighted by Gasteiger charge is -2.56. The van der Waals surface area contributed by atoms with Gasteiger partial charge in [-0.1, -0.05) is 6.92 Å². The molecule has 32 heavy (non-hydrogen) atoms. The van der Waals surface area contributed by atoms with Crippen LogP contribution in [0.4, 0.5) is 0 Å². The molecule has 0 N–H and O–H groups in total. The van der Waals surface area contributed by atoms with E-state index in [0.717, 1.165) is 48.5 Å². The number of aryl methyl sites for hydroxylation is 1. The molecule has 4 fully saturated rings. The number of hydrogen-bond donors (Lipinski definition) is 0. The van der Waals surface area contributed by atoms with Gasteiger partial charge in [0.05, 0.1) is 11.8 Å². The molecule has 8 unspecified atom stereocenters. The molecule has 4 aliphatic rings. The van der Waals surface area contributed by atoms with E-state index in [4.69, 9.17) is 10.00 Å². The van der Waals surface area contributed by atoms with Gasteiger partial charge in [-0.25, -0.2) is 0 Å². The van der Waals surface area contributed by atoms with E-state index in [9.17, 15) is 4.79 Å². The zero-order chi connectivity index (χ0) is 22.3.